The molecule has 2 amide bonds. The lowest BCUT2D eigenvalue weighted by Gasteiger charge is -2.34. The molecule has 1 aliphatic heterocycles. The second-order valence-corrected chi connectivity index (χ2v) is 14.1. The maximum absolute atomic E-state index is 12.0. The van der Waals surface area contributed by atoms with Crippen LogP contribution in [0.15, 0.2) is 54.6 Å². The Labute approximate surface area is 313 Å². The zero-order valence-corrected chi connectivity index (χ0v) is 34.1. The Morgan fingerprint density at radius 3 is 2.04 bits per heavy atom. The minimum atomic E-state index is -3.76. The first-order valence-electron chi connectivity index (χ1n) is 17.3. The number of aryl methyl sites for hydroxylation is 1. The number of nitrogens with zero attached hydrogens (tertiary/aromatic N) is 2. The van der Waals surface area contributed by atoms with E-state index in [1.807, 2.05) is 110 Å². The molecule has 1 aliphatic rings. The van der Waals surface area contributed by atoms with E-state index < -0.39 is 19.3 Å². The Morgan fingerprint density at radius 1 is 1.08 bits per heavy atom. The number of ether oxygens (including phenoxy) is 2. The van der Waals surface area contributed by atoms with Crippen molar-refractivity contribution >= 4 is 19.8 Å². The lowest BCUT2D eigenvalue weighted by atomic mass is 10.2. The first-order valence-corrected chi connectivity index (χ1v) is 19.1. The summed E-state index contributed by atoms with van der Waals surface area (Å²) in [6, 6.07) is 16.5. The molecule has 0 aliphatic carbocycles. The standard InChI is InChI=1S/C15H17O4P.C13H26N2O4.C5H11NO.C2H6.C2H2.CH4O/c1-13-7-9-15(10-8-13)18-12-20(16,17)19-11-14-5-3-2-4-6-14;1-10(2)9-15(8-6-7-14-11(16)17)12(18)19-13(3,4)5;1-3-5-4-6(2)7-5;3*1-2/h2-10H,11-12H2,1H3,(H,16,17);10,14H,6-9H2,1-5H3,(H,16,17);5H,3-4H2,1-2H3;1-2H3;1-2H;2H,1H3/t;;5-;;;/m..0.../s1. The van der Waals surface area contributed by atoms with Gasteiger partial charge >= 0.3 is 19.8 Å². The van der Waals surface area contributed by atoms with Gasteiger partial charge in [0, 0.05) is 33.8 Å². The van der Waals surface area contributed by atoms with E-state index in [1.54, 1.807) is 17.0 Å². The van der Waals surface area contributed by atoms with Crippen molar-refractivity contribution in [2.24, 2.45) is 5.92 Å². The number of hydrogen-bond donors (Lipinski definition) is 4. The minimum absolute atomic E-state index is 0.0892. The van der Waals surface area contributed by atoms with Gasteiger partial charge in [-0.25, -0.2) is 9.59 Å². The highest BCUT2D eigenvalue weighted by molar-refractivity contribution is 7.52. The van der Waals surface area contributed by atoms with Crippen LogP contribution in [0.1, 0.15) is 79.4 Å². The van der Waals surface area contributed by atoms with Gasteiger partial charge in [0.05, 0.1) is 19.3 Å². The number of carbonyl (C=O) groups is 2. The predicted octanol–water partition coefficient (Wildman–Crippen LogP) is 7.80. The van der Waals surface area contributed by atoms with Gasteiger partial charge in [-0.2, -0.15) is 5.06 Å². The molecule has 2 aromatic rings. The Kier molecular flexibility index (Phi) is 31.4. The van der Waals surface area contributed by atoms with E-state index in [2.05, 4.69) is 25.1 Å². The number of amides is 2. The number of rotatable bonds is 13. The second-order valence-electron chi connectivity index (χ2n) is 12.3. The minimum Gasteiger partial charge on any atom is -0.481 e. The fourth-order valence-corrected chi connectivity index (χ4v) is 4.54. The number of benzene rings is 2. The highest BCUT2D eigenvalue weighted by atomic mass is 31.2. The summed E-state index contributed by atoms with van der Waals surface area (Å²) >= 11 is 0. The van der Waals surface area contributed by atoms with Crippen molar-refractivity contribution in [2.75, 3.05) is 46.7 Å². The fourth-order valence-electron chi connectivity index (χ4n) is 3.80. The molecule has 1 fully saturated rings. The maximum Gasteiger partial charge on any atom is 0.410 e. The number of hydrogen-bond acceptors (Lipinski definition) is 9. The molecule has 2 aromatic carbocycles. The summed E-state index contributed by atoms with van der Waals surface area (Å²) in [4.78, 5) is 38.8. The summed E-state index contributed by atoms with van der Waals surface area (Å²) in [6.45, 7) is 20.2. The molecule has 1 unspecified atom stereocenters. The Hall–Kier alpha value is -3.63. The van der Waals surface area contributed by atoms with Crippen LogP contribution in [-0.2, 0) is 25.3 Å². The molecule has 0 aromatic heterocycles. The molecule has 3 rings (SSSR count). The third kappa shape index (κ3) is 30.0. The van der Waals surface area contributed by atoms with Crippen LogP contribution in [0.5, 0.6) is 5.75 Å². The number of hydroxylamine groups is 2. The largest absolute Gasteiger partial charge is 0.481 e. The van der Waals surface area contributed by atoms with E-state index in [1.165, 1.54) is 0 Å². The van der Waals surface area contributed by atoms with E-state index in [0.29, 0.717) is 43.8 Å². The average Bonchev–Trinajstić information content (AvgIpc) is 3.10. The van der Waals surface area contributed by atoms with Gasteiger partial charge in [-0.1, -0.05) is 82.6 Å². The molecule has 4 N–H and O–H groups in total. The summed E-state index contributed by atoms with van der Waals surface area (Å²) in [5.74, 6) is 0.883. The first-order chi connectivity index (χ1) is 24.5. The van der Waals surface area contributed by atoms with Gasteiger partial charge in [0.15, 0.2) is 6.35 Å². The van der Waals surface area contributed by atoms with Crippen LogP contribution < -0.4 is 10.1 Å². The molecule has 52 heavy (non-hydrogen) atoms. The van der Waals surface area contributed by atoms with Crippen molar-refractivity contribution in [1.29, 1.82) is 0 Å². The maximum atomic E-state index is 12.0. The van der Waals surface area contributed by atoms with E-state index in [9.17, 15) is 19.0 Å². The summed E-state index contributed by atoms with van der Waals surface area (Å²) < 4.78 is 27.5. The number of likely N-dealkylation sites (N-methyl/N-ethyl adjacent to an activating group) is 1. The molecule has 298 valence electrons. The van der Waals surface area contributed by atoms with E-state index >= 15 is 0 Å². The van der Waals surface area contributed by atoms with Gasteiger partial charge in [-0.05, 0) is 64.2 Å². The molecule has 0 spiro atoms. The normalized spacial score (nSPS) is 14.0. The average molecular weight is 756 g/mol. The Morgan fingerprint density at radius 2 is 1.62 bits per heavy atom. The molecule has 14 heteroatoms. The molecule has 0 radical (unpaired) electrons. The Bertz CT molecular complexity index is 1230. The third-order valence-electron chi connectivity index (χ3n) is 6.05. The summed E-state index contributed by atoms with van der Waals surface area (Å²) in [5, 5.41) is 19.6. The van der Waals surface area contributed by atoms with Crippen molar-refractivity contribution in [2.45, 2.75) is 93.5 Å². The van der Waals surface area contributed by atoms with E-state index in [0.717, 1.165) is 31.2 Å². The monoisotopic (exact) mass is 755 g/mol. The van der Waals surface area contributed by atoms with Crippen LogP contribution in [0.3, 0.4) is 0 Å². The van der Waals surface area contributed by atoms with Crippen LogP contribution in [0, 0.1) is 25.7 Å². The number of carboxylic acid groups (broad SMARTS) is 1. The lowest BCUT2D eigenvalue weighted by Crippen LogP contribution is -2.44. The SMILES string of the molecule is C#C.CC.CC(C)CN(CCCNC(=O)O)C(=O)OC(C)(C)C.CC[C@H]1CN(C)O1.CO.Cc1ccc(OCP(=O)(O)OCc2ccccc2)cc1. The van der Waals surface area contributed by atoms with Crippen molar-refractivity contribution in [3.8, 4) is 18.6 Å². The van der Waals surface area contributed by atoms with Gasteiger partial charge < -0.3 is 39.3 Å². The van der Waals surface area contributed by atoms with Crippen LogP contribution in [0.2, 0.25) is 0 Å². The lowest BCUT2D eigenvalue weighted by molar-refractivity contribution is -0.281. The van der Waals surface area contributed by atoms with Crippen molar-refractivity contribution in [1.82, 2.24) is 15.3 Å². The molecular weight excluding hydrogens is 689 g/mol. The van der Waals surface area contributed by atoms with Gasteiger partial charge in [0.2, 0.25) is 0 Å². The number of terminal acetylenes is 1. The number of nitrogens with one attached hydrogen (secondary N) is 1. The van der Waals surface area contributed by atoms with E-state index in [-0.39, 0.29) is 19.0 Å². The summed E-state index contributed by atoms with van der Waals surface area (Å²) in [5.41, 5.74) is 1.42. The first kappa shape index (κ1) is 52.7. The van der Waals surface area contributed by atoms with E-state index in [4.69, 9.17) is 29.0 Å². The van der Waals surface area contributed by atoms with Gasteiger partial charge in [-0.3, -0.25) is 9.40 Å². The summed E-state index contributed by atoms with van der Waals surface area (Å²) in [6.07, 6.45) is 8.47. The van der Waals surface area contributed by atoms with Crippen molar-refractivity contribution in [3.63, 3.8) is 0 Å². The van der Waals surface area contributed by atoms with Gasteiger partial charge in [0.1, 0.15) is 11.4 Å². The summed E-state index contributed by atoms with van der Waals surface area (Å²) in [7, 11) is -0.807. The number of aliphatic hydroxyl groups is 1. The molecule has 13 nitrogen and oxygen atoms in total. The van der Waals surface area contributed by atoms with Crippen LogP contribution in [-0.4, -0.2) is 95.6 Å². The Balaban J connectivity index is -0.000000694. The van der Waals surface area contributed by atoms with Crippen LogP contribution in [0.4, 0.5) is 9.59 Å². The molecule has 0 saturated carbocycles. The topological polar surface area (TPSA) is 167 Å². The quantitative estimate of drug-likeness (QED) is 0.0895. The van der Waals surface area contributed by atoms with Crippen LogP contribution >= 0.6 is 7.60 Å². The van der Waals surface area contributed by atoms with Crippen molar-refractivity contribution < 1.29 is 48.1 Å². The zero-order valence-electron chi connectivity index (χ0n) is 33.2. The molecular formula is C38H66N3O10P. The fraction of sp³-hybridized carbons (Fsp3) is 0.579. The smallest absolute Gasteiger partial charge is 0.410 e. The second kappa shape index (κ2) is 30.9. The zero-order chi connectivity index (χ0) is 40.8. The highest BCUT2D eigenvalue weighted by Crippen LogP contribution is 2.42. The van der Waals surface area contributed by atoms with Crippen LogP contribution in [0.25, 0.3) is 0 Å². The van der Waals surface area contributed by atoms with Crippen molar-refractivity contribution in [3.05, 3.63) is 65.7 Å². The van der Waals surface area contributed by atoms with Gasteiger partial charge in [0.25, 0.3) is 0 Å². The molecule has 1 saturated heterocycles. The predicted molar refractivity (Wildman–Crippen MR) is 208 cm³/mol. The highest BCUT2D eigenvalue weighted by Gasteiger charge is 2.23. The molecule has 2 atom stereocenters. The number of carbonyl (C=O) groups excluding carboxylic acids is 1. The molecule has 0 bridgehead atoms. The number of aliphatic hydroxyl groups excluding tert-OH is 1. The third-order valence-corrected chi connectivity index (χ3v) is 7.04. The molecule has 1 heterocycles. The van der Waals surface area contributed by atoms with Gasteiger partial charge in [-0.15, -0.1) is 12.8 Å².